The van der Waals surface area contributed by atoms with E-state index in [2.05, 4.69) is 117 Å². The van der Waals surface area contributed by atoms with Crippen molar-refractivity contribution in [2.45, 2.75) is 121 Å². The fourth-order valence-electron chi connectivity index (χ4n) is 6.43. The van der Waals surface area contributed by atoms with Crippen molar-refractivity contribution in [3.8, 4) is 0 Å². The van der Waals surface area contributed by atoms with E-state index >= 15 is 0 Å². The van der Waals surface area contributed by atoms with E-state index in [0.717, 1.165) is 24.7 Å². The number of hydrogen-bond acceptors (Lipinski definition) is 0. The van der Waals surface area contributed by atoms with E-state index in [9.17, 15) is 0 Å². The topological polar surface area (TPSA) is 0 Å². The molecule has 0 heteroatoms. The van der Waals surface area contributed by atoms with Crippen LogP contribution in [0.25, 0.3) is 11.1 Å². The van der Waals surface area contributed by atoms with Crippen molar-refractivity contribution in [2.75, 3.05) is 0 Å². The van der Waals surface area contributed by atoms with Gasteiger partial charge in [-0.1, -0.05) is 126 Å². The Morgan fingerprint density at radius 3 is 2.10 bits per heavy atom. The van der Waals surface area contributed by atoms with Crippen LogP contribution in [0.15, 0.2) is 67.3 Å². The van der Waals surface area contributed by atoms with Crippen molar-refractivity contribution < 1.29 is 0 Å². The normalized spacial score (nSPS) is 16.7. The Morgan fingerprint density at radius 2 is 1.48 bits per heavy atom. The first kappa shape index (κ1) is 35.3. The first-order valence-corrected chi connectivity index (χ1v) is 16.2. The molecule has 0 nitrogen and oxygen atoms in total. The van der Waals surface area contributed by atoms with Crippen LogP contribution in [-0.4, -0.2) is 0 Å². The summed E-state index contributed by atoms with van der Waals surface area (Å²) in [5, 5.41) is 0. The van der Waals surface area contributed by atoms with Crippen LogP contribution in [0.1, 0.15) is 129 Å². The molecule has 3 aromatic rings. The van der Waals surface area contributed by atoms with Crippen LogP contribution in [0.5, 0.6) is 0 Å². The Labute approximate surface area is 260 Å². The van der Waals surface area contributed by atoms with Gasteiger partial charge < -0.3 is 0 Å². The zero-order chi connectivity index (χ0) is 29.9. The minimum atomic E-state index is 0. The van der Waals surface area contributed by atoms with E-state index in [1.165, 1.54) is 106 Å². The highest BCUT2D eigenvalue weighted by Gasteiger charge is 2.20. The molecule has 0 spiro atoms. The highest BCUT2D eigenvalue weighted by molar-refractivity contribution is 6.00. The van der Waals surface area contributed by atoms with E-state index in [0.29, 0.717) is 0 Å². The molecular weight excluding hydrogens is 504 g/mol. The van der Waals surface area contributed by atoms with Crippen molar-refractivity contribution in [3.05, 3.63) is 117 Å². The van der Waals surface area contributed by atoms with E-state index in [1.54, 1.807) is 0 Å². The van der Waals surface area contributed by atoms with E-state index in [4.69, 9.17) is 0 Å². The largest absolute Gasteiger partial charge is 0.103 e. The number of unbranched alkanes of at least 4 members (excludes halogenated alkanes) is 2. The average Bonchev–Trinajstić information content (AvgIpc) is 3.38. The van der Waals surface area contributed by atoms with Gasteiger partial charge in [0.05, 0.1) is 0 Å². The van der Waals surface area contributed by atoms with Crippen LogP contribution < -0.4 is 0 Å². The number of rotatable bonds is 10. The van der Waals surface area contributed by atoms with Crippen molar-refractivity contribution in [1.82, 2.24) is 0 Å². The molecule has 0 amide bonds. The molecule has 1 aliphatic rings. The lowest BCUT2D eigenvalue weighted by Gasteiger charge is -2.22. The SMILES string of the molecule is C.C=CCC/C(=C(/c1ccc(C)cc1)c1ccc(C)c(C)c1C)c1cccc(C)c1C.CCCCCC1CCC(C)C1. The van der Waals surface area contributed by atoms with Gasteiger partial charge in [0.15, 0.2) is 0 Å². The first-order chi connectivity index (χ1) is 19.7. The molecule has 3 aromatic carbocycles. The minimum absolute atomic E-state index is 0. The second kappa shape index (κ2) is 17.3. The number of aryl methyl sites for hydroxylation is 3. The van der Waals surface area contributed by atoms with Crippen LogP contribution in [-0.2, 0) is 0 Å². The Hall–Kier alpha value is -2.86. The quantitative estimate of drug-likeness (QED) is 0.130. The molecule has 0 heterocycles. The molecule has 0 bridgehead atoms. The van der Waals surface area contributed by atoms with E-state index in [-0.39, 0.29) is 7.43 Å². The zero-order valence-electron chi connectivity index (χ0n) is 27.5. The molecule has 1 aliphatic carbocycles. The molecule has 1 fully saturated rings. The van der Waals surface area contributed by atoms with Crippen LogP contribution in [0.2, 0.25) is 0 Å². The van der Waals surface area contributed by atoms with Gasteiger partial charge >= 0.3 is 0 Å². The maximum absolute atomic E-state index is 4.00. The van der Waals surface area contributed by atoms with Gasteiger partial charge in [-0.25, -0.2) is 0 Å². The molecule has 0 aromatic heterocycles. The highest BCUT2D eigenvalue weighted by atomic mass is 14.3. The third-order valence-electron chi connectivity index (χ3n) is 9.52. The number of allylic oxidation sites excluding steroid dienone is 2. The van der Waals surface area contributed by atoms with Gasteiger partial charge in [-0.2, -0.15) is 0 Å². The molecule has 1 saturated carbocycles. The van der Waals surface area contributed by atoms with Crippen LogP contribution >= 0.6 is 0 Å². The summed E-state index contributed by atoms with van der Waals surface area (Å²) in [7, 11) is 0. The van der Waals surface area contributed by atoms with Crippen LogP contribution in [0.3, 0.4) is 0 Å². The van der Waals surface area contributed by atoms with Crippen molar-refractivity contribution >= 4 is 11.1 Å². The molecule has 228 valence electrons. The fraction of sp³-hybridized carbons (Fsp3) is 0.476. The molecule has 0 N–H and O–H groups in total. The fourth-order valence-corrected chi connectivity index (χ4v) is 6.43. The summed E-state index contributed by atoms with van der Waals surface area (Å²) in [5.41, 5.74) is 14.8. The third kappa shape index (κ3) is 9.32. The van der Waals surface area contributed by atoms with Crippen molar-refractivity contribution in [1.29, 1.82) is 0 Å². The average molecular weight is 565 g/mol. The van der Waals surface area contributed by atoms with Crippen molar-refractivity contribution in [3.63, 3.8) is 0 Å². The number of benzene rings is 3. The lowest BCUT2D eigenvalue weighted by Crippen LogP contribution is -2.02. The van der Waals surface area contributed by atoms with Gasteiger partial charge in [-0.3, -0.25) is 0 Å². The lowest BCUT2D eigenvalue weighted by atomic mass is 9.82. The molecule has 2 unspecified atom stereocenters. The van der Waals surface area contributed by atoms with Crippen LogP contribution in [0.4, 0.5) is 0 Å². The van der Waals surface area contributed by atoms with E-state index in [1.807, 2.05) is 6.08 Å². The Bertz CT molecular complexity index is 1300. The molecule has 0 saturated heterocycles. The predicted molar refractivity (Wildman–Crippen MR) is 190 cm³/mol. The van der Waals surface area contributed by atoms with Crippen LogP contribution in [0, 0.1) is 53.4 Å². The second-order valence-electron chi connectivity index (χ2n) is 12.8. The third-order valence-corrected chi connectivity index (χ3v) is 9.52. The summed E-state index contributed by atoms with van der Waals surface area (Å²) in [6.45, 7) is 22.0. The smallest absolute Gasteiger partial charge is 0.00704 e. The van der Waals surface area contributed by atoms with Gasteiger partial charge in [0, 0.05) is 0 Å². The lowest BCUT2D eigenvalue weighted by molar-refractivity contribution is 0.454. The summed E-state index contributed by atoms with van der Waals surface area (Å²) in [6, 6.07) is 20.2. The predicted octanol–water partition coefficient (Wildman–Crippen LogP) is 13.1. The van der Waals surface area contributed by atoms with E-state index < -0.39 is 0 Å². The van der Waals surface area contributed by atoms with Gasteiger partial charge in [0.25, 0.3) is 0 Å². The standard InChI is InChI=1S/C30H34.C11H22.CH4/c1-8-9-12-29(27-13-10-11-21(3)24(27)6)30(26-17-14-20(2)15-18-26)28-19-16-22(4)23(5)25(28)7;1-3-4-5-6-11-8-7-10(2)9-11;/h8,10-11,13-19H,1,9,12H2,2-7H3;10-11H,3-9H2,1-2H3;1H4/b30-29+;;. The van der Waals surface area contributed by atoms with Gasteiger partial charge in [-0.05, 0) is 128 Å². The Balaban J connectivity index is 0.000000433. The number of hydrogen-bond donors (Lipinski definition) is 0. The maximum Gasteiger partial charge on any atom is -0.00704 e. The van der Waals surface area contributed by atoms with Gasteiger partial charge in [-0.15, -0.1) is 6.58 Å². The summed E-state index contributed by atoms with van der Waals surface area (Å²) in [4.78, 5) is 0. The molecule has 0 radical (unpaired) electrons. The van der Waals surface area contributed by atoms with Gasteiger partial charge in [0.1, 0.15) is 0 Å². The molecular formula is C42H60. The summed E-state index contributed by atoms with van der Waals surface area (Å²) >= 11 is 0. The summed E-state index contributed by atoms with van der Waals surface area (Å²) in [6.07, 6.45) is 14.3. The highest BCUT2D eigenvalue weighted by Crippen LogP contribution is 2.39. The maximum atomic E-state index is 4.00. The van der Waals surface area contributed by atoms with Crippen molar-refractivity contribution in [2.24, 2.45) is 11.8 Å². The summed E-state index contributed by atoms with van der Waals surface area (Å²) < 4.78 is 0. The minimum Gasteiger partial charge on any atom is -0.103 e. The van der Waals surface area contributed by atoms with Gasteiger partial charge in [0.2, 0.25) is 0 Å². The second-order valence-corrected chi connectivity index (χ2v) is 12.8. The summed E-state index contributed by atoms with van der Waals surface area (Å²) in [5.74, 6) is 2.12. The Kier molecular flexibility index (Phi) is 14.6. The molecule has 42 heavy (non-hydrogen) atoms. The molecule has 0 aliphatic heterocycles. The molecule has 2 atom stereocenters. The Morgan fingerprint density at radius 1 is 0.786 bits per heavy atom. The first-order valence-electron chi connectivity index (χ1n) is 16.2. The monoisotopic (exact) mass is 564 g/mol. The molecule has 4 rings (SSSR count). The zero-order valence-corrected chi connectivity index (χ0v) is 27.5.